The number of nitrogens with two attached hydrogens (primary N) is 1. The zero-order valence-electron chi connectivity index (χ0n) is 11.2. The van der Waals surface area contributed by atoms with Gasteiger partial charge in [-0.3, -0.25) is 9.69 Å². The van der Waals surface area contributed by atoms with Crippen molar-refractivity contribution in [2.45, 2.75) is 6.92 Å². The third-order valence-corrected chi connectivity index (χ3v) is 3.25. The summed E-state index contributed by atoms with van der Waals surface area (Å²) in [6, 6.07) is 0. The zero-order valence-corrected chi connectivity index (χ0v) is 11.2. The summed E-state index contributed by atoms with van der Waals surface area (Å²) in [7, 11) is 4.52. The molecule has 0 aliphatic carbocycles. The zero-order chi connectivity index (χ0) is 13.1. The molecular formula is C13H24N3O+. The summed E-state index contributed by atoms with van der Waals surface area (Å²) in [4.78, 5) is 13.3. The number of primary amides is 1. The first-order valence-corrected chi connectivity index (χ1v) is 6.00. The monoisotopic (exact) mass is 238 g/mol. The van der Waals surface area contributed by atoms with Crippen LogP contribution in [0.3, 0.4) is 0 Å². The Balaban J connectivity index is 2.45. The molecule has 0 spiro atoms. The van der Waals surface area contributed by atoms with E-state index < -0.39 is 5.91 Å². The highest BCUT2D eigenvalue weighted by Gasteiger charge is 2.23. The highest BCUT2D eigenvalue weighted by molar-refractivity contribution is 5.94. The van der Waals surface area contributed by atoms with Gasteiger partial charge in [-0.25, -0.2) is 0 Å². The number of likely N-dealkylation sites (N-methyl/N-ethyl adjacent to an activating group) is 1. The Labute approximate surface area is 104 Å². The normalized spacial score (nSPS) is 21.2. The Morgan fingerprint density at radius 3 is 2.41 bits per heavy atom. The minimum atomic E-state index is -0.444. The number of amides is 1. The molecule has 1 saturated heterocycles. The van der Waals surface area contributed by atoms with Gasteiger partial charge < -0.3 is 10.2 Å². The Kier molecular flexibility index (Phi) is 4.48. The van der Waals surface area contributed by atoms with E-state index in [1.54, 1.807) is 6.08 Å². The second kappa shape index (κ2) is 5.47. The quantitative estimate of drug-likeness (QED) is 0.437. The van der Waals surface area contributed by atoms with E-state index in [2.05, 4.69) is 25.6 Å². The van der Waals surface area contributed by atoms with E-state index in [9.17, 15) is 4.79 Å². The maximum absolute atomic E-state index is 10.9. The fourth-order valence-electron chi connectivity index (χ4n) is 1.97. The van der Waals surface area contributed by atoms with E-state index in [1.165, 1.54) is 13.1 Å². The largest absolute Gasteiger partial charge is 0.366 e. The van der Waals surface area contributed by atoms with Crippen LogP contribution in [-0.2, 0) is 4.79 Å². The van der Waals surface area contributed by atoms with Crippen LogP contribution in [0.5, 0.6) is 0 Å². The average Bonchev–Trinajstić information content (AvgIpc) is 2.21. The number of carbonyl (C=O) groups is 1. The van der Waals surface area contributed by atoms with Crippen molar-refractivity contribution in [1.82, 2.24) is 4.90 Å². The van der Waals surface area contributed by atoms with Crippen molar-refractivity contribution >= 4 is 5.91 Å². The van der Waals surface area contributed by atoms with Gasteiger partial charge in [-0.05, 0) is 13.0 Å². The van der Waals surface area contributed by atoms with Crippen LogP contribution in [0.25, 0.3) is 0 Å². The van der Waals surface area contributed by atoms with Crippen LogP contribution in [0.2, 0.25) is 0 Å². The highest BCUT2D eigenvalue weighted by Crippen LogP contribution is 2.09. The summed E-state index contributed by atoms with van der Waals surface area (Å²) in [6.45, 7) is 11.1. The molecule has 96 valence electrons. The maximum Gasteiger partial charge on any atom is 0.248 e. The smallest absolute Gasteiger partial charge is 0.248 e. The fourth-order valence-corrected chi connectivity index (χ4v) is 1.97. The molecule has 1 rings (SSSR count). The molecule has 0 radical (unpaired) electrons. The fraction of sp³-hybridized carbons (Fsp3) is 0.615. The predicted molar refractivity (Wildman–Crippen MR) is 70.4 cm³/mol. The molecule has 0 aromatic carbocycles. The number of piperazine rings is 1. The summed E-state index contributed by atoms with van der Waals surface area (Å²) < 4.78 is 1.09. The standard InChI is InChI=1S/C13H23N3O/c1-11(9-12(2)13(14)17)10-15-5-7-16(3,4)8-6-15/h9H,2,5-8,10H2,1,3-4H3,(H-,14,17)/p+1. The minimum Gasteiger partial charge on any atom is -0.366 e. The molecule has 1 heterocycles. The van der Waals surface area contributed by atoms with E-state index >= 15 is 0 Å². The van der Waals surface area contributed by atoms with Crippen molar-refractivity contribution in [2.24, 2.45) is 5.73 Å². The SMILES string of the molecule is C=C(C=C(C)CN1CC[N+](C)(C)CC1)C(N)=O. The maximum atomic E-state index is 10.9. The van der Waals surface area contributed by atoms with Crippen LogP contribution in [-0.4, -0.2) is 62.1 Å². The molecule has 1 aliphatic rings. The molecule has 1 aliphatic heterocycles. The summed E-state index contributed by atoms with van der Waals surface area (Å²) in [5, 5.41) is 0. The molecule has 0 unspecified atom stereocenters. The van der Waals surface area contributed by atoms with Crippen LogP contribution in [0.4, 0.5) is 0 Å². The van der Waals surface area contributed by atoms with Gasteiger partial charge in [-0.1, -0.05) is 12.2 Å². The molecular weight excluding hydrogens is 214 g/mol. The average molecular weight is 238 g/mol. The lowest BCUT2D eigenvalue weighted by atomic mass is 10.1. The van der Waals surface area contributed by atoms with E-state index in [4.69, 9.17) is 5.73 Å². The molecule has 0 bridgehead atoms. The van der Waals surface area contributed by atoms with Gasteiger partial charge in [0.25, 0.3) is 0 Å². The Morgan fingerprint density at radius 1 is 1.41 bits per heavy atom. The van der Waals surface area contributed by atoms with Gasteiger partial charge in [0.15, 0.2) is 0 Å². The molecule has 0 aromatic heterocycles. The van der Waals surface area contributed by atoms with Crippen molar-refractivity contribution in [1.29, 1.82) is 0 Å². The number of hydrogen-bond donors (Lipinski definition) is 1. The number of nitrogens with zero attached hydrogens (tertiary/aromatic N) is 2. The number of hydrogen-bond acceptors (Lipinski definition) is 2. The van der Waals surface area contributed by atoms with Gasteiger partial charge in [0, 0.05) is 25.2 Å². The van der Waals surface area contributed by atoms with Crippen LogP contribution in [0.15, 0.2) is 23.8 Å². The first-order chi connectivity index (χ1) is 7.80. The summed E-state index contributed by atoms with van der Waals surface area (Å²) >= 11 is 0. The van der Waals surface area contributed by atoms with Gasteiger partial charge in [0.1, 0.15) is 0 Å². The van der Waals surface area contributed by atoms with Gasteiger partial charge in [0.2, 0.25) is 5.91 Å². The predicted octanol–water partition coefficient (Wildman–Crippen LogP) is 0.366. The molecule has 17 heavy (non-hydrogen) atoms. The van der Waals surface area contributed by atoms with Crippen LogP contribution >= 0.6 is 0 Å². The van der Waals surface area contributed by atoms with Crippen molar-refractivity contribution in [3.63, 3.8) is 0 Å². The van der Waals surface area contributed by atoms with Crippen molar-refractivity contribution < 1.29 is 9.28 Å². The van der Waals surface area contributed by atoms with Crippen molar-refractivity contribution in [2.75, 3.05) is 46.8 Å². The third-order valence-electron chi connectivity index (χ3n) is 3.25. The summed E-state index contributed by atoms with van der Waals surface area (Å²) in [6.07, 6.45) is 1.79. The third kappa shape index (κ3) is 4.71. The first kappa shape index (κ1) is 13.9. The first-order valence-electron chi connectivity index (χ1n) is 6.00. The van der Waals surface area contributed by atoms with Gasteiger partial charge in [0.05, 0.1) is 27.2 Å². The number of quaternary nitrogens is 1. The topological polar surface area (TPSA) is 46.3 Å². The molecule has 1 fully saturated rings. The van der Waals surface area contributed by atoms with Gasteiger partial charge in [-0.15, -0.1) is 0 Å². The van der Waals surface area contributed by atoms with E-state index in [0.717, 1.165) is 29.7 Å². The summed E-state index contributed by atoms with van der Waals surface area (Å²) in [5.74, 6) is -0.444. The lowest BCUT2D eigenvalue weighted by Crippen LogP contribution is -2.54. The Hall–Kier alpha value is -1.13. The van der Waals surface area contributed by atoms with E-state index in [-0.39, 0.29) is 0 Å². The van der Waals surface area contributed by atoms with Gasteiger partial charge >= 0.3 is 0 Å². The lowest BCUT2D eigenvalue weighted by Gasteiger charge is -2.39. The van der Waals surface area contributed by atoms with Crippen LogP contribution < -0.4 is 5.73 Å². The second-order valence-electron chi connectivity index (χ2n) is 5.54. The lowest BCUT2D eigenvalue weighted by molar-refractivity contribution is -0.894. The summed E-state index contributed by atoms with van der Waals surface area (Å²) in [5.41, 5.74) is 6.68. The van der Waals surface area contributed by atoms with Crippen molar-refractivity contribution in [3.05, 3.63) is 23.8 Å². The Bertz CT molecular complexity index is 335. The molecule has 1 amide bonds. The minimum absolute atomic E-state index is 0.385. The molecule has 2 N–H and O–H groups in total. The highest BCUT2D eigenvalue weighted by atomic mass is 16.1. The molecule has 0 atom stereocenters. The molecule has 4 nitrogen and oxygen atoms in total. The van der Waals surface area contributed by atoms with E-state index in [1.807, 2.05) is 6.92 Å². The molecule has 0 aromatic rings. The second-order valence-corrected chi connectivity index (χ2v) is 5.54. The molecule has 4 heteroatoms. The van der Waals surface area contributed by atoms with Crippen molar-refractivity contribution in [3.8, 4) is 0 Å². The Morgan fingerprint density at radius 2 is 1.94 bits per heavy atom. The van der Waals surface area contributed by atoms with Crippen LogP contribution in [0, 0.1) is 0 Å². The van der Waals surface area contributed by atoms with E-state index in [0.29, 0.717) is 5.57 Å². The number of rotatable bonds is 4. The number of carbonyl (C=O) groups excluding carboxylic acids is 1. The van der Waals surface area contributed by atoms with Crippen LogP contribution in [0.1, 0.15) is 6.92 Å². The van der Waals surface area contributed by atoms with Gasteiger partial charge in [-0.2, -0.15) is 0 Å². The molecule has 0 saturated carbocycles.